The van der Waals surface area contributed by atoms with Crippen molar-refractivity contribution >= 4 is 10.9 Å². The highest BCUT2D eigenvalue weighted by atomic mass is 19.1. The lowest BCUT2D eigenvalue weighted by Gasteiger charge is -2.14. The maximum absolute atomic E-state index is 13.9. The summed E-state index contributed by atoms with van der Waals surface area (Å²) in [4.78, 5) is 12.4. The van der Waals surface area contributed by atoms with Crippen molar-refractivity contribution < 1.29 is 4.39 Å². The van der Waals surface area contributed by atoms with Crippen LogP contribution in [0.1, 0.15) is 16.7 Å². The van der Waals surface area contributed by atoms with E-state index in [-0.39, 0.29) is 17.9 Å². The van der Waals surface area contributed by atoms with Gasteiger partial charge in [-0.05, 0) is 31.0 Å². The van der Waals surface area contributed by atoms with Crippen LogP contribution in [0.25, 0.3) is 10.9 Å². The van der Waals surface area contributed by atoms with Crippen LogP contribution in [0.2, 0.25) is 0 Å². The fraction of sp³-hybridized carbons (Fsp3) is 0.167. The third kappa shape index (κ3) is 2.35. The molecule has 0 amide bonds. The zero-order chi connectivity index (χ0) is 15.0. The van der Waals surface area contributed by atoms with Crippen LogP contribution < -0.4 is 5.56 Å². The molecule has 2 nitrogen and oxygen atoms in total. The lowest BCUT2D eigenvalue weighted by atomic mass is 10.1. The van der Waals surface area contributed by atoms with E-state index >= 15 is 0 Å². The van der Waals surface area contributed by atoms with Gasteiger partial charge in [0, 0.05) is 17.0 Å². The summed E-state index contributed by atoms with van der Waals surface area (Å²) in [6, 6.07) is 14.1. The number of pyridine rings is 1. The first-order valence-corrected chi connectivity index (χ1v) is 6.91. The smallest absolute Gasteiger partial charge is 0.251 e. The minimum atomic E-state index is -0.285. The predicted octanol–water partition coefficient (Wildman–Crippen LogP) is 3.81. The molecule has 1 aromatic heterocycles. The van der Waals surface area contributed by atoms with Crippen molar-refractivity contribution in [2.24, 2.45) is 0 Å². The molecular weight excluding hydrogens is 265 g/mol. The summed E-state index contributed by atoms with van der Waals surface area (Å²) in [5.74, 6) is -0.285. The van der Waals surface area contributed by atoms with E-state index in [1.165, 1.54) is 6.07 Å². The van der Waals surface area contributed by atoms with Crippen molar-refractivity contribution in [3.63, 3.8) is 0 Å². The van der Waals surface area contributed by atoms with Gasteiger partial charge < -0.3 is 4.57 Å². The molecule has 1 heterocycles. The molecule has 0 unspecified atom stereocenters. The van der Waals surface area contributed by atoms with E-state index < -0.39 is 0 Å². The lowest BCUT2D eigenvalue weighted by molar-refractivity contribution is 0.599. The van der Waals surface area contributed by atoms with E-state index in [1.807, 2.05) is 32.0 Å². The summed E-state index contributed by atoms with van der Waals surface area (Å²) in [6.07, 6.45) is 0. The van der Waals surface area contributed by atoms with Gasteiger partial charge in [0.15, 0.2) is 0 Å². The highest BCUT2D eigenvalue weighted by Crippen LogP contribution is 2.21. The highest BCUT2D eigenvalue weighted by molar-refractivity contribution is 5.85. The number of aromatic nitrogens is 1. The molecular formula is C18H16FNO. The van der Waals surface area contributed by atoms with E-state index in [4.69, 9.17) is 0 Å². The molecule has 3 heteroatoms. The second kappa shape index (κ2) is 5.17. The fourth-order valence-corrected chi connectivity index (χ4v) is 2.74. The normalized spacial score (nSPS) is 11.0. The highest BCUT2D eigenvalue weighted by Gasteiger charge is 2.10. The van der Waals surface area contributed by atoms with Gasteiger partial charge in [-0.15, -0.1) is 0 Å². The average Bonchev–Trinajstić information content (AvgIpc) is 2.45. The Balaban J connectivity index is 2.28. The molecule has 0 aliphatic carbocycles. The molecule has 0 atom stereocenters. The van der Waals surface area contributed by atoms with Crippen molar-refractivity contribution in [2.75, 3.05) is 0 Å². The summed E-state index contributed by atoms with van der Waals surface area (Å²) >= 11 is 0. The van der Waals surface area contributed by atoms with Gasteiger partial charge in [0.1, 0.15) is 5.82 Å². The molecule has 3 aromatic rings. The second-order valence-electron chi connectivity index (χ2n) is 5.31. The lowest BCUT2D eigenvalue weighted by Crippen LogP contribution is -2.22. The Morgan fingerprint density at radius 1 is 1.00 bits per heavy atom. The van der Waals surface area contributed by atoms with Crippen molar-refractivity contribution in [1.82, 2.24) is 4.57 Å². The second-order valence-corrected chi connectivity index (χ2v) is 5.31. The Morgan fingerprint density at radius 3 is 2.52 bits per heavy atom. The van der Waals surface area contributed by atoms with Gasteiger partial charge in [0.05, 0.1) is 12.1 Å². The monoisotopic (exact) mass is 281 g/mol. The van der Waals surface area contributed by atoms with Gasteiger partial charge in [0.2, 0.25) is 0 Å². The number of benzene rings is 2. The predicted molar refractivity (Wildman–Crippen MR) is 83.2 cm³/mol. The number of para-hydroxylation sites is 1. The summed E-state index contributed by atoms with van der Waals surface area (Å²) in [5, 5.41) is 1.03. The Labute approximate surface area is 122 Å². The number of rotatable bonds is 2. The summed E-state index contributed by atoms with van der Waals surface area (Å²) < 4.78 is 15.5. The van der Waals surface area contributed by atoms with Crippen LogP contribution in [0.5, 0.6) is 0 Å². The van der Waals surface area contributed by atoms with Crippen LogP contribution in [0.4, 0.5) is 4.39 Å². The van der Waals surface area contributed by atoms with Crippen molar-refractivity contribution in [1.29, 1.82) is 0 Å². The van der Waals surface area contributed by atoms with E-state index in [2.05, 4.69) is 0 Å². The van der Waals surface area contributed by atoms with Crippen LogP contribution in [-0.2, 0) is 6.54 Å². The third-order valence-electron chi connectivity index (χ3n) is 3.82. The number of aryl methyl sites for hydroxylation is 2. The van der Waals surface area contributed by atoms with Crippen LogP contribution >= 0.6 is 0 Å². The number of nitrogens with zero attached hydrogens (tertiary/aromatic N) is 1. The van der Waals surface area contributed by atoms with E-state index in [1.54, 1.807) is 28.8 Å². The quantitative estimate of drug-likeness (QED) is 0.700. The van der Waals surface area contributed by atoms with E-state index in [0.29, 0.717) is 5.56 Å². The molecule has 0 N–H and O–H groups in total. The van der Waals surface area contributed by atoms with Crippen LogP contribution in [0, 0.1) is 19.7 Å². The first kappa shape index (κ1) is 13.6. The van der Waals surface area contributed by atoms with Crippen molar-refractivity contribution in [3.8, 4) is 0 Å². The molecule has 0 bridgehead atoms. The number of fused-ring (bicyclic) bond motifs is 1. The van der Waals surface area contributed by atoms with Crippen LogP contribution in [0.3, 0.4) is 0 Å². The Bertz CT molecular complexity index is 880. The standard InChI is InChI=1S/C18H16FNO/c1-12-6-5-8-15-13(2)10-17(21)20(18(12)15)11-14-7-3-4-9-16(14)19/h3-10H,11H2,1-2H3. The number of halogens is 1. The molecule has 3 rings (SSSR count). The molecule has 2 aromatic carbocycles. The summed E-state index contributed by atoms with van der Waals surface area (Å²) in [7, 11) is 0. The molecule has 106 valence electrons. The minimum Gasteiger partial charge on any atom is -0.303 e. The van der Waals surface area contributed by atoms with E-state index in [0.717, 1.165) is 22.0 Å². The molecule has 0 aliphatic rings. The number of hydrogen-bond acceptors (Lipinski definition) is 1. The minimum absolute atomic E-state index is 0.0995. The summed E-state index contributed by atoms with van der Waals surface area (Å²) in [6.45, 7) is 4.14. The Kier molecular flexibility index (Phi) is 3.34. The Hall–Kier alpha value is -2.42. The van der Waals surface area contributed by atoms with Crippen molar-refractivity contribution in [3.05, 3.63) is 81.4 Å². The van der Waals surface area contributed by atoms with Gasteiger partial charge >= 0.3 is 0 Å². The SMILES string of the molecule is Cc1cc(=O)n(Cc2ccccc2F)c2c(C)cccc12. The number of hydrogen-bond donors (Lipinski definition) is 0. The molecule has 21 heavy (non-hydrogen) atoms. The largest absolute Gasteiger partial charge is 0.303 e. The first-order valence-electron chi connectivity index (χ1n) is 6.91. The fourth-order valence-electron chi connectivity index (χ4n) is 2.74. The summed E-state index contributed by atoms with van der Waals surface area (Å²) in [5.41, 5.74) is 3.27. The third-order valence-corrected chi connectivity index (χ3v) is 3.82. The molecule has 0 saturated heterocycles. The molecule has 0 radical (unpaired) electrons. The van der Waals surface area contributed by atoms with Crippen molar-refractivity contribution in [2.45, 2.75) is 20.4 Å². The van der Waals surface area contributed by atoms with Gasteiger partial charge in [0.25, 0.3) is 5.56 Å². The zero-order valence-electron chi connectivity index (χ0n) is 12.1. The Morgan fingerprint density at radius 2 is 1.76 bits per heavy atom. The maximum Gasteiger partial charge on any atom is 0.251 e. The maximum atomic E-state index is 13.9. The first-order chi connectivity index (χ1) is 10.1. The molecule has 0 spiro atoms. The van der Waals surface area contributed by atoms with Gasteiger partial charge in [-0.3, -0.25) is 4.79 Å². The topological polar surface area (TPSA) is 22.0 Å². The van der Waals surface area contributed by atoms with Gasteiger partial charge in [-0.25, -0.2) is 4.39 Å². The zero-order valence-corrected chi connectivity index (χ0v) is 12.1. The van der Waals surface area contributed by atoms with Crippen LogP contribution in [-0.4, -0.2) is 4.57 Å². The molecule has 0 aliphatic heterocycles. The molecule has 0 fully saturated rings. The average molecular weight is 281 g/mol. The van der Waals surface area contributed by atoms with Gasteiger partial charge in [-0.2, -0.15) is 0 Å². The van der Waals surface area contributed by atoms with Gasteiger partial charge in [-0.1, -0.05) is 36.4 Å². The van der Waals surface area contributed by atoms with E-state index in [9.17, 15) is 9.18 Å². The molecule has 0 saturated carbocycles. The van der Waals surface area contributed by atoms with Crippen LogP contribution in [0.15, 0.2) is 53.3 Å².